The number of hydrogen-bond acceptors (Lipinski definition) is 4. The normalized spacial score (nSPS) is 11.1. The van der Waals surface area contributed by atoms with Gasteiger partial charge in [-0.1, -0.05) is 12.1 Å². The molecule has 0 aliphatic heterocycles. The Morgan fingerprint density at radius 2 is 2.07 bits per heavy atom. The summed E-state index contributed by atoms with van der Waals surface area (Å²) < 4.78 is 20.6. The Balaban J connectivity index is 0.00000261. The van der Waals surface area contributed by atoms with Crippen LogP contribution >= 0.6 is 24.0 Å². The zero-order chi connectivity index (χ0) is 18.4. The van der Waals surface area contributed by atoms with Crippen molar-refractivity contribution in [1.29, 1.82) is 0 Å². The molecule has 1 aromatic carbocycles. The van der Waals surface area contributed by atoms with E-state index in [9.17, 15) is 4.39 Å². The van der Waals surface area contributed by atoms with Crippen LogP contribution in [-0.4, -0.2) is 34.2 Å². The van der Waals surface area contributed by atoms with Gasteiger partial charge in [-0.25, -0.2) is 9.38 Å². The fraction of sp³-hybridized carbons (Fsp3) is 0.278. The van der Waals surface area contributed by atoms with E-state index in [-0.39, 0.29) is 29.7 Å². The zero-order valence-corrected chi connectivity index (χ0v) is 17.5. The molecule has 0 unspecified atom stereocenters. The number of aromatic nitrogens is 3. The summed E-state index contributed by atoms with van der Waals surface area (Å²) in [5.74, 6) is 1.23. The van der Waals surface area contributed by atoms with Crippen molar-refractivity contribution in [3.05, 3.63) is 59.8 Å². The highest BCUT2D eigenvalue weighted by Gasteiger charge is 2.06. The van der Waals surface area contributed by atoms with Gasteiger partial charge in [0.15, 0.2) is 29.0 Å². The minimum Gasteiger partial charge on any atom is -0.494 e. The van der Waals surface area contributed by atoms with Crippen LogP contribution in [0.4, 0.5) is 4.39 Å². The lowest BCUT2D eigenvalue weighted by atomic mass is 10.2. The molecule has 0 radical (unpaired) electrons. The molecular weight excluding hydrogens is 462 g/mol. The predicted molar refractivity (Wildman–Crippen MR) is 113 cm³/mol. The maximum Gasteiger partial charge on any atom is 0.191 e. The van der Waals surface area contributed by atoms with E-state index in [1.54, 1.807) is 12.1 Å². The fourth-order valence-electron chi connectivity index (χ4n) is 2.49. The van der Waals surface area contributed by atoms with E-state index in [1.807, 2.05) is 35.7 Å². The van der Waals surface area contributed by atoms with Crippen LogP contribution in [0.15, 0.2) is 47.6 Å². The summed E-state index contributed by atoms with van der Waals surface area (Å²) in [6.45, 7) is 3.50. The highest BCUT2D eigenvalue weighted by molar-refractivity contribution is 14.0. The molecule has 3 aromatic rings. The van der Waals surface area contributed by atoms with Gasteiger partial charge in [0.25, 0.3) is 0 Å². The minimum absolute atomic E-state index is 0. The molecule has 2 N–H and O–H groups in total. The molecule has 2 heterocycles. The third-order valence-corrected chi connectivity index (χ3v) is 3.78. The predicted octanol–water partition coefficient (Wildman–Crippen LogP) is 2.75. The van der Waals surface area contributed by atoms with Crippen LogP contribution in [0.5, 0.6) is 5.75 Å². The molecule has 0 amide bonds. The van der Waals surface area contributed by atoms with E-state index < -0.39 is 5.82 Å². The number of ether oxygens (including phenoxy) is 1. The number of nitrogens with one attached hydrogen (secondary N) is 2. The number of pyridine rings is 1. The number of methoxy groups -OCH3 is 1. The summed E-state index contributed by atoms with van der Waals surface area (Å²) in [5, 5.41) is 14.7. The van der Waals surface area contributed by atoms with Gasteiger partial charge in [-0.05, 0) is 36.8 Å². The summed E-state index contributed by atoms with van der Waals surface area (Å²) >= 11 is 0. The van der Waals surface area contributed by atoms with Crippen molar-refractivity contribution in [2.24, 2.45) is 4.99 Å². The van der Waals surface area contributed by atoms with Crippen molar-refractivity contribution in [3.8, 4) is 5.75 Å². The van der Waals surface area contributed by atoms with Gasteiger partial charge in [0.05, 0.1) is 20.2 Å². The van der Waals surface area contributed by atoms with Gasteiger partial charge in [0, 0.05) is 12.7 Å². The van der Waals surface area contributed by atoms with Gasteiger partial charge in [0.1, 0.15) is 0 Å². The van der Waals surface area contributed by atoms with Crippen LogP contribution in [0.1, 0.15) is 18.3 Å². The molecule has 2 aromatic heterocycles. The molecular formula is C18H22FIN6O. The Morgan fingerprint density at radius 1 is 1.22 bits per heavy atom. The topological polar surface area (TPSA) is 75.8 Å². The third-order valence-electron chi connectivity index (χ3n) is 3.78. The number of benzene rings is 1. The van der Waals surface area contributed by atoms with E-state index in [2.05, 4.69) is 25.8 Å². The van der Waals surface area contributed by atoms with Gasteiger partial charge >= 0.3 is 0 Å². The summed E-state index contributed by atoms with van der Waals surface area (Å²) in [6, 6.07) is 10.6. The van der Waals surface area contributed by atoms with E-state index >= 15 is 0 Å². The summed E-state index contributed by atoms with van der Waals surface area (Å²) in [5.41, 5.74) is 1.55. The Kier molecular flexibility index (Phi) is 7.77. The van der Waals surface area contributed by atoms with Crippen molar-refractivity contribution in [1.82, 2.24) is 25.2 Å². The second kappa shape index (κ2) is 10.0. The van der Waals surface area contributed by atoms with E-state index in [0.29, 0.717) is 25.6 Å². The standard InChI is InChI=1S/C18H21FN6O.HI/c1-3-20-18(21-11-13-7-8-15(26-2)14(19)10-13)22-12-17-24-23-16-6-4-5-9-25(16)17;/h4-10H,3,11-12H2,1-2H3,(H2,20,21,22);1H. The van der Waals surface area contributed by atoms with Crippen molar-refractivity contribution < 1.29 is 9.13 Å². The van der Waals surface area contributed by atoms with Crippen molar-refractivity contribution in [3.63, 3.8) is 0 Å². The molecule has 0 bridgehead atoms. The molecule has 3 rings (SSSR count). The highest BCUT2D eigenvalue weighted by Crippen LogP contribution is 2.18. The first-order valence-electron chi connectivity index (χ1n) is 8.34. The first kappa shape index (κ1) is 20.9. The lowest BCUT2D eigenvalue weighted by Gasteiger charge is -2.11. The molecule has 0 spiro atoms. The van der Waals surface area contributed by atoms with Crippen molar-refractivity contribution >= 4 is 35.6 Å². The van der Waals surface area contributed by atoms with Crippen LogP contribution in [0, 0.1) is 5.82 Å². The number of guanidine groups is 1. The average molecular weight is 484 g/mol. The Morgan fingerprint density at radius 3 is 2.81 bits per heavy atom. The second-order valence-corrected chi connectivity index (χ2v) is 5.56. The molecule has 27 heavy (non-hydrogen) atoms. The maximum absolute atomic E-state index is 13.8. The van der Waals surface area contributed by atoms with Gasteiger partial charge in [-0.15, -0.1) is 34.2 Å². The quantitative estimate of drug-likeness (QED) is 0.320. The largest absolute Gasteiger partial charge is 0.494 e. The monoisotopic (exact) mass is 484 g/mol. The first-order chi connectivity index (χ1) is 12.7. The summed E-state index contributed by atoms with van der Waals surface area (Å²) in [6.07, 6.45) is 1.91. The lowest BCUT2D eigenvalue weighted by molar-refractivity contribution is 0.386. The molecule has 0 aliphatic carbocycles. The van der Waals surface area contributed by atoms with Gasteiger partial charge in [0.2, 0.25) is 0 Å². The number of nitrogens with zero attached hydrogens (tertiary/aromatic N) is 4. The zero-order valence-electron chi connectivity index (χ0n) is 15.1. The molecule has 7 nitrogen and oxygen atoms in total. The number of halogens is 2. The molecule has 0 saturated carbocycles. The smallest absolute Gasteiger partial charge is 0.191 e. The van der Waals surface area contributed by atoms with Crippen molar-refractivity contribution in [2.45, 2.75) is 20.0 Å². The van der Waals surface area contributed by atoms with E-state index in [4.69, 9.17) is 4.74 Å². The van der Waals surface area contributed by atoms with Crippen LogP contribution in [0.3, 0.4) is 0 Å². The summed E-state index contributed by atoms with van der Waals surface area (Å²) in [4.78, 5) is 4.49. The lowest BCUT2D eigenvalue weighted by Crippen LogP contribution is -2.37. The van der Waals surface area contributed by atoms with Gasteiger partial charge < -0.3 is 15.4 Å². The Hall–Kier alpha value is -2.43. The fourth-order valence-corrected chi connectivity index (χ4v) is 2.49. The molecule has 9 heteroatoms. The molecule has 0 aliphatic rings. The van der Waals surface area contributed by atoms with Gasteiger partial charge in [-0.3, -0.25) is 4.40 Å². The second-order valence-electron chi connectivity index (χ2n) is 5.56. The Labute approximate surface area is 174 Å². The number of rotatable bonds is 6. The highest BCUT2D eigenvalue weighted by atomic mass is 127. The first-order valence-corrected chi connectivity index (χ1v) is 8.34. The minimum atomic E-state index is -0.395. The summed E-state index contributed by atoms with van der Waals surface area (Å²) in [7, 11) is 1.44. The van der Waals surface area contributed by atoms with Crippen LogP contribution in [0.25, 0.3) is 5.65 Å². The average Bonchev–Trinajstić information content (AvgIpc) is 3.07. The third kappa shape index (κ3) is 5.28. The Bertz CT molecular complexity index is 914. The van der Waals surface area contributed by atoms with Gasteiger partial charge in [-0.2, -0.15) is 0 Å². The SMILES string of the molecule is CCNC(=NCc1ccc(OC)c(F)c1)NCc1nnc2ccccn12.I. The molecule has 144 valence electrons. The number of fused-ring (bicyclic) bond motifs is 1. The van der Waals surface area contributed by atoms with Crippen LogP contribution in [0.2, 0.25) is 0 Å². The van der Waals surface area contributed by atoms with Crippen LogP contribution in [-0.2, 0) is 13.1 Å². The molecule has 0 saturated heterocycles. The molecule has 0 fully saturated rings. The maximum atomic E-state index is 13.8. The molecule has 0 atom stereocenters. The number of hydrogen-bond donors (Lipinski definition) is 2. The van der Waals surface area contributed by atoms with E-state index in [1.165, 1.54) is 13.2 Å². The van der Waals surface area contributed by atoms with Crippen molar-refractivity contribution in [2.75, 3.05) is 13.7 Å². The van der Waals surface area contributed by atoms with Crippen LogP contribution < -0.4 is 15.4 Å². The number of aliphatic imine (C=N–C) groups is 1. The van der Waals surface area contributed by atoms with E-state index in [0.717, 1.165) is 17.0 Å².